The van der Waals surface area contributed by atoms with E-state index >= 15 is 0 Å². The Hall–Kier alpha value is -1.91. The Labute approximate surface area is 131 Å². The van der Waals surface area contributed by atoms with E-state index in [9.17, 15) is 4.39 Å². The molecule has 0 aliphatic carbocycles. The molecule has 0 amide bonds. The van der Waals surface area contributed by atoms with E-state index in [2.05, 4.69) is 17.4 Å². The van der Waals surface area contributed by atoms with Gasteiger partial charge in [-0.05, 0) is 30.2 Å². The van der Waals surface area contributed by atoms with E-state index in [1.807, 2.05) is 36.1 Å². The molecule has 0 unspecified atom stereocenters. The van der Waals surface area contributed by atoms with Gasteiger partial charge in [-0.3, -0.25) is 0 Å². The fraction of sp³-hybridized carbons (Fsp3) is 0.333. The molecule has 0 aromatic heterocycles. The second-order valence-electron chi connectivity index (χ2n) is 5.18. The number of rotatable bonds is 8. The normalized spacial score (nSPS) is 10.7. The molecule has 0 aliphatic heterocycles. The van der Waals surface area contributed by atoms with Crippen LogP contribution in [0.25, 0.3) is 0 Å². The molecule has 0 saturated heterocycles. The number of aliphatic hydroxyl groups excluding tert-OH is 1. The Morgan fingerprint density at radius 2 is 1.77 bits per heavy atom. The minimum absolute atomic E-state index is 0.0176. The average Bonchev–Trinajstić information content (AvgIpc) is 2.55. The van der Waals surface area contributed by atoms with Crippen molar-refractivity contribution in [3.63, 3.8) is 0 Å². The lowest BCUT2D eigenvalue weighted by atomic mass is 10.1. The van der Waals surface area contributed by atoms with Crippen LogP contribution in [0.5, 0.6) is 0 Å². The molecule has 118 valence electrons. The van der Waals surface area contributed by atoms with Crippen molar-refractivity contribution in [3.05, 3.63) is 65.5 Å². The van der Waals surface area contributed by atoms with E-state index in [0.29, 0.717) is 25.3 Å². The zero-order chi connectivity index (χ0) is 15.8. The summed E-state index contributed by atoms with van der Waals surface area (Å²) in [6.07, 6.45) is 0. The predicted octanol–water partition coefficient (Wildman–Crippen LogP) is 2.93. The van der Waals surface area contributed by atoms with Gasteiger partial charge in [-0.2, -0.15) is 0 Å². The second-order valence-corrected chi connectivity index (χ2v) is 5.18. The third-order valence-electron chi connectivity index (χ3n) is 3.60. The van der Waals surface area contributed by atoms with Gasteiger partial charge in [-0.15, -0.1) is 0 Å². The van der Waals surface area contributed by atoms with Crippen molar-refractivity contribution < 1.29 is 9.50 Å². The first kappa shape index (κ1) is 16.5. The van der Waals surface area contributed by atoms with Crippen molar-refractivity contribution in [2.24, 2.45) is 0 Å². The zero-order valence-corrected chi connectivity index (χ0v) is 12.9. The Morgan fingerprint density at radius 3 is 2.45 bits per heavy atom. The molecule has 0 bridgehead atoms. The number of nitrogens with one attached hydrogen (secondary N) is 1. The average molecular weight is 302 g/mol. The zero-order valence-electron chi connectivity index (χ0n) is 12.9. The Balaban J connectivity index is 1.99. The summed E-state index contributed by atoms with van der Waals surface area (Å²) in [5, 5.41) is 12.4. The molecule has 2 rings (SSSR count). The minimum atomic E-state index is -0.248. The van der Waals surface area contributed by atoms with Gasteiger partial charge in [0.25, 0.3) is 0 Å². The number of halogens is 1. The van der Waals surface area contributed by atoms with Crippen LogP contribution in [0.15, 0.2) is 48.5 Å². The van der Waals surface area contributed by atoms with Crippen molar-refractivity contribution in [1.29, 1.82) is 0 Å². The van der Waals surface area contributed by atoms with E-state index in [0.717, 1.165) is 12.1 Å². The smallest absolute Gasteiger partial charge is 0.146 e. The van der Waals surface area contributed by atoms with Gasteiger partial charge in [-0.25, -0.2) is 4.39 Å². The van der Waals surface area contributed by atoms with Crippen LogP contribution in [0.3, 0.4) is 0 Å². The molecule has 22 heavy (non-hydrogen) atoms. The van der Waals surface area contributed by atoms with Gasteiger partial charge in [-0.1, -0.05) is 36.4 Å². The van der Waals surface area contributed by atoms with E-state index in [1.165, 1.54) is 11.6 Å². The summed E-state index contributed by atoms with van der Waals surface area (Å²) >= 11 is 0. The molecule has 4 heteroatoms. The molecule has 0 fully saturated rings. The highest BCUT2D eigenvalue weighted by Gasteiger charge is 2.10. The number of likely N-dealkylation sites (N-methyl/N-ethyl adjacent to an activating group) is 1. The highest BCUT2D eigenvalue weighted by atomic mass is 19.1. The van der Waals surface area contributed by atoms with Gasteiger partial charge in [0.2, 0.25) is 0 Å². The van der Waals surface area contributed by atoms with Gasteiger partial charge in [0.1, 0.15) is 5.82 Å². The van der Waals surface area contributed by atoms with Crippen LogP contribution in [0, 0.1) is 5.82 Å². The lowest BCUT2D eigenvalue weighted by molar-refractivity contribution is 0.302. The summed E-state index contributed by atoms with van der Waals surface area (Å²) < 4.78 is 14.0. The topological polar surface area (TPSA) is 35.5 Å². The summed E-state index contributed by atoms with van der Waals surface area (Å²) in [7, 11) is 0. The maximum Gasteiger partial charge on any atom is 0.146 e. The first-order valence-corrected chi connectivity index (χ1v) is 7.63. The molecule has 0 saturated carbocycles. The van der Waals surface area contributed by atoms with Crippen molar-refractivity contribution in [2.75, 3.05) is 24.6 Å². The highest BCUT2D eigenvalue weighted by molar-refractivity contribution is 5.50. The molecule has 0 radical (unpaired) electrons. The third-order valence-corrected chi connectivity index (χ3v) is 3.60. The van der Waals surface area contributed by atoms with Crippen molar-refractivity contribution >= 4 is 5.69 Å². The maximum atomic E-state index is 14.0. The molecule has 2 aromatic carbocycles. The predicted molar refractivity (Wildman–Crippen MR) is 88.4 cm³/mol. The number of anilines is 1. The van der Waals surface area contributed by atoms with E-state index in [4.69, 9.17) is 5.11 Å². The van der Waals surface area contributed by atoms with E-state index in [-0.39, 0.29) is 12.4 Å². The van der Waals surface area contributed by atoms with Crippen molar-refractivity contribution in [1.82, 2.24) is 5.32 Å². The summed E-state index contributed by atoms with van der Waals surface area (Å²) in [5.41, 5.74) is 2.81. The van der Waals surface area contributed by atoms with Crippen molar-refractivity contribution in [2.45, 2.75) is 20.0 Å². The molecule has 2 N–H and O–H groups in total. The third kappa shape index (κ3) is 4.55. The molecule has 0 heterocycles. The first-order valence-electron chi connectivity index (χ1n) is 7.63. The molecule has 2 aromatic rings. The SMILES string of the molecule is CCN(CCO)c1cc(CNCc2ccccc2)ccc1F. The van der Waals surface area contributed by atoms with Crippen molar-refractivity contribution in [3.8, 4) is 0 Å². The molecular weight excluding hydrogens is 279 g/mol. The fourth-order valence-corrected chi connectivity index (χ4v) is 2.43. The van der Waals surface area contributed by atoms with Gasteiger partial charge >= 0.3 is 0 Å². The number of hydrogen-bond donors (Lipinski definition) is 2. The highest BCUT2D eigenvalue weighted by Crippen LogP contribution is 2.20. The summed E-state index contributed by atoms with van der Waals surface area (Å²) in [6, 6.07) is 15.3. The van der Waals surface area contributed by atoms with E-state index in [1.54, 1.807) is 6.07 Å². The van der Waals surface area contributed by atoms with Crippen LogP contribution < -0.4 is 10.2 Å². The molecular formula is C18H23FN2O. The molecule has 0 aliphatic rings. The number of aliphatic hydroxyl groups is 1. The summed E-state index contributed by atoms with van der Waals surface area (Å²) in [4.78, 5) is 1.84. The Morgan fingerprint density at radius 1 is 1.05 bits per heavy atom. The monoisotopic (exact) mass is 302 g/mol. The molecule has 0 spiro atoms. The Kier molecular flexibility index (Phi) is 6.37. The molecule has 3 nitrogen and oxygen atoms in total. The minimum Gasteiger partial charge on any atom is -0.395 e. The summed E-state index contributed by atoms with van der Waals surface area (Å²) in [5.74, 6) is -0.248. The maximum absolute atomic E-state index is 14.0. The van der Waals surface area contributed by atoms with Crippen LogP contribution in [-0.4, -0.2) is 24.8 Å². The van der Waals surface area contributed by atoms with Crippen LogP contribution in [-0.2, 0) is 13.1 Å². The quantitative estimate of drug-likeness (QED) is 0.787. The fourth-order valence-electron chi connectivity index (χ4n) is 2.43. The largest absolute Gasteiger partial charge is 0.395 e. The lowest BCUT2D eigenvalue weighted by Crippen LogP contribution is -2.27. The van der Waals surface area contributed by atoms with Gasteiger partial charge in [0, 0.05) is 26.2 Å². The standard InChI is InChI=1S/C18H23FN2O/c1-2-21(10-11-22)18-12-16(8-9-17(18)19)14-20-13-15-6-4-3-5-7-15/h3-9,12,20,22H,2,10-11,13-14H2,1H3. The second kappa shape index (κ2) is 8.51. The number of benzene rings is 2. The first-order chi connectivity index (χ1) is 10.7. The number of nitrogens with zero attached hydrogens (tertiary/aromatic N) is 1. The van der Waals surface area contributed by atoms with Crippen LogP contribution >= 0.6 is 0 Å². The van der Waals surface area contributed by atoms with Gasteiger partial charge < -0.3 is 15.3 Å². The molecule has 0 atom stereocenters. The van der Waals surface area contributed by atoms with Crippen LogP contribution in [0.2, 0.25) is 0 Å². The lowest BCUT2D eigenvalue weighted by Gasteiger charge is -2.23. The summed E-state index contributed by atoms with van der Waals surface area (Å²) in [6.45, 7) is 4.53. The Bertz CT molecular complexity index is 575. The van der Waals surface area contributed by atoms with Crippen LogP contribution in [0.4, 0.5) is 10.1 Å². The van der Waals surface area contributed by atoms with Gasteiger partial charge in [0.05, 0.1) is 12.3 Å². The van der Waals surface area contributed by atoms with Gasteiger partial charge in [0.15, 0.2) is 0 Å². The van der Waals surface area contributed by atoms with E-state index < -0.39 is 0 Å². The van der Waals surface area contributed by atoms with Crippen LogP contribution in [0.1, 0.15) is 18.1 Å². The number of hydrogen-bond acceptors (Lipinski definition) is 3.